The Morgan fingerprint density at radius 2 is 2.10 bits per heavy atom. The second-order valence-corrected chi connectivity index (χ2v) is 7.55. The zero-order valence-electron chi connectivity index (χ0n) is 12.1. The third kappa shape index (κ3) is 6.22. The zero-order chi connectivity index (χ0) is 15.3. The summed E-state index contributed by atoms with van der Waals surface area (Å²) in [4.78, 5) is 2.22. The molecule has 0 saturated carbocycles. The summed E-state index contributed by atoms with van der Waals surface area (Å²) in [7, 11) is -3.14. The number of hydrogen-bond acceptors (Lipinski definition) is 4. The molecule has 1 aliphatic rings. The zero-order valence-corrected chi connectivity index (χ0v) is 13.7. The van der Waals surface area contributed by atoms with Crippen LogP contribution < -0.4 is 9.46 Å². The Bertz CT molecular complexity index is 548. The highest BCUT2D eigenvalue weighted by molar-refractivity contribution is 7.88. The van der Waals surface area contributed by atoms with Gasteiger partial charge in [-0.05, 0) is 43.7 Å². The molecular formula is C14H21ClN2O3S. The van der Waals surface area contributed by atoms with E-state index in [9.17, 15) is 8.42 Å². The molecule has 1 aromatic carbocycles. The normalized spacial score (nSPS) is 20.4. The van der Waals surface area contributed by atoms with E-state index in [-0.39, 0.29) is 6.04 Å². The molecule has 0 aliphatic carbocycles. The number of rotatable bonds is 6. The minimum atomic E-state index is -3.14. The first-order valence-corrected chi connectivity index (χ1v) is 9.27. The summed E-state index contributed by atoms with van der Waals surface area (Å²) in [5.74, 6) is 0.794. The molecule has 5 nitrogen and oxygen atoms in total. The fraction of sp³-hybridized carbons (Fsp3) is 0.571. The van der Waals surface area contributed by atoms with Crippen molar-refractivity contribution >= 4 is 21.6 Å². The van der Waals surface area contributed by atoms with Crippen molar-refractivity contribution in [2.75, 3.05) is 32.5 Å². The van der Waals surface area contributed by atoms with E-state index in [2.05, 4.69) is 9.62 Å². The fourth-order valence-electron chi connectivity index (χ4n) is 2.48. The summed E-state index contributed by atoms with van der Waals surface area (Å²) in [5.41, 5.74) is 0. The third-order valence-electron chi connectivity index (χ3n) is 3.38. The Labute approximate surface area is 131 Å². The quantitative estimate of drug-likeness (QED) is 0.862. The van der Waals surface area contributed by atoms with Crippen molar-refractivity contribution in [1.82, 2.24) is 9.62 Å². The van der Waals surface area contributed by atoms with Gasteiger partial charge in [0.1, 0.15) is 12.4 Å². The summed E-state index contributed by atoms with van der Waals surface area (Å²) >= 11 is 5.82. The van der Waals surface area contributed by atoms with E-state index in [0.717, 1.165) is 38.2 Å². The third-order valence-corrected chi connectivity index (χ3v) is 4.39. The number of halogens is 1. The van der Waals surface area contributed by atoms with Crippen LogP contribution in [-0.4, -0.2) is 51.9 Å². The number of sulfonamides is 1. The van der Waals surface area contributed by atoms with Gasteiger partial charge in [0.15, 0.2) is 0 Å². The second-order valence-electron chi connectivity index (χ2n) is 5.33. The molecule has 7 heteroatoms. The van der Waals surface area contributed by atoms with E-state index < -0.39 is 10.0 Å². The van der Waals surface area contributed by atoms with Crippen LogP contribution >= 0.6 is 11.6 Å². The van der Waals surface area contributed by atoms with Gasteiger partial charge in [0, 0.05) is 24.2 Å². The molecule has 1 aromatic rings. The first-order valence-electron chi connectivity index (χ1n) is 7.00. The molecule has 1 saturated heterocycles. The Balaban J connectivity index is 1.74. The Morgan fingerprint density at radius 3 is 2.76 bits per heavy atom. The molecule has 0 aromatic heterocycles. The molecule has 1 atom stereocenters. The van der Waals surface area contributed by atoms with E-state index in [1.807, 2.05) is 12.1 Å². The summed E-state index contributed by atoms with van der Waals surface area (Å²) < 4.78 is 30.9. The van der Waals surface area contributed by atoms with E-state index in [1.54, 1.807) is 12.1 Å². The number of piperidine rings is 1. The molecule has 1 aliphatic heterocycles. The minimum absolute atomic E-state index is 0.00396. The van der Waals surface area contributed by atoms with Gasteiger partial charge in [0.25, 0.3) is 0 Å². The van der Waals surface area contributed by atoms with Gasteiger partial charge < -0.3 is 4.74 Å². The lowest BCUT2D eigenvalue weighted by molar-refractivity contribution is 0.166. The molecule has 2 rings (SSSR count). The topological polar surface area (TPSA) is 58.6 Å². The van der Waals surface area contributed by atoms with Gasteiger partial charge in [-0.15, -0.1) is 0 Å². The standard InChI is InChI=1S/C14H21ClN2O3S/c1-21(18,19)16-13-3-2-8-17(11-13)9-10-20-14-6-4-12(15)5-7-14/h4-7,13,16H,2-3,8-11H2,1H3/t13-/m1/s1. The van der Waals surface area contributed by atoms with Crippen molar-refractivity contribution in [2.45, 2.75) is 18.9 Å². The number of nitrogens with one attached hydrogen (secondary N) is 1. The van der Waals surface area contributed by atoms with E-state index in [4.69, 9.17) is 16.3 Å². The summed E-state index contributed by atoms with van der Waals surface area (Å²) in [6, 6.07) is 7.27. The second kappa shape index (κ2) is 7.45. The van der Waals surface area contributed by atoms with Gasteiger partial charge in [0.2, 0.25) is 10.0 Å². The molecule has 0 amide bonds. The lowest BCUT2D eigenvalue weighted by atomic mass is 10.1. The highest BCUT2D eigenvalue weighted by Gasteiger charge is 2.21. The lowest BCUT2D eigenvalue weighted by Gasteiger charge is -2.32. The molecule has 1 fully saturated rings. The Kier molecular flexibility index (Phi) is 5.87. The van der Waals surface area contributed by atoms with Gasteiger partial charge in [-0.2, -0.15) is 0 Å². The van der Waals surface area contributed by atoms with Crippen molar-refractivity contribution in [3.8, 4) is 5.75 Å². The summed E-state index contributed by atoms with van der Waals surface area (Å²) in [6.07, 6.45) is 3.09. The molecule has 21 heavy (non-hydrogen) atoms. The average molecular weight is 333 g/mol. The van der Waals surface area contributed by atoms with Crippen molar-refractivity contribution < 1.29 is 13.2 Å². The monoisotopic (exact) mass is 332 g/mol. The number of likely N-dealkylation sites (tertiary alicyclic amines) is 1. The van der Waals surface area contributed by atoms with Gasteiger partial charge in [0.05, 0.1) is 6.26 Å². The number of nitrogens with zero attached hydrogens (tertiary/aromatic N) is 1. The maximum atomic E-state index is 11.3. The van der Waals surface area contributed by atoms with E-state index in [1.165, 1.54) is 6.26 Å². The lowest BCUT2D eigenvalue weighted by Crippen LogP contribution is -2.48. The van der Waals surface area contributed by atoms with Crippen molar-refractivity contribution in [2.24, 2.45) is 0 Å². The highest BCUT2D eigenvalue weighted by Crippen LogP contribution is 2.16. The first-order chi connectivity index (χ1) is 9.92. The molecule has 0 unspecified atom stereocenters. The maximum absolute atomic E-state index is 11.3. The Hall–Kier alpha value is -0.820. The van der Waals surface area contributed by atoms with Crippen LogP contribution in [0, 0.1) is 0 Å². The van der Waals surface area contributed by atoms with Crippen molar-refractivity contribution in [3.05, 3.63) is 29.3 Å². The predicted octanol–water partition coefficient (Wildman–Crippen LogP) is 1.73. The molecule has 1 heterocycles. The van der Waals surface area contributed by atoms with Crippen LogP contribution in [0.4, 0.5) is 0 Å². The average Bonchev–Trinajstić information content (AvgIpc) is 2.39. The number of ether oxygens (including phenoxy) is 1. The van der Waals surface area contributed by atoms with E-state index >= 15 is 0 Å². The van der Waals surface area contributed by atoms with Gasteiger partial charge >= 0.3 is 0 Å². The molecule has 1 N–H and O–H groups in total. The largest absolute Gasteiger partial charge is 0.492 e. The van der Waals surface area contributed by atoms with Crippen LogP contribution in [0.1, 0.15) is 12.8 Å². The molecule has 0 bridgehead atoms. The van der Waals surface area contributed by atoms with E-state index in [0.29, 0.717) is 11.6 Å². The van der Waals surface area contributed by atoms with Gasteiger partial charge in [-0.1, -0.05) is 11.6 Å². The number of benzene rings is 1. The van der Waals surface area contributed by atoms with Gasteiger partial charge in [-0.25, -0.2) is 13.1 Å². The predicted molar refractivity (Wildman–Crippen MR) is 84.4 cm³/mol. The van der Waals surface area contributed by atoms with Crippen LogP contribution in [0.25, 0.3) is 0 Å². The van der Waals surface area contributed by atoms with Crippen LogP contribution in [-0.2, 0) is 10.0 Å². The SMILES string of the molecule is CS(=O)(=O)N[C@@H]1CCCN(CCOc2ccc(Cl)cc2)C1. The fourth-order valence-corrected chi connectivity index (χ4v) is 3.40. The van der Waals surface area contributed by atoms with Gasteiger partial charge in [-0.3, -0.25) is 4.90 Å². The van der Waals surface area contributed by atoms with Crippen LogP contribution in [0.2, 0.25) is 5.02 Å². The number of hydrogen-bond donors (Lipinski definition) is 1. The Morgan fingerprint density at radius 1 is 1.38 bits per heavy atom. The summed E-state index contributed by atoms with van der Waals surface area (Å²) in [6.45, 7) is 3.07. The van der Waals surface area contributed by atoms with Crippen LogP contribution in [0.15, 0.2) is 24.3 Å². The summed E-state index contributed by atoms with van der Waals surface area (Å²) in [5, 5.41) is 0.688. The smallest absolute Gasteiger partial charge is 0.208 e. The van der Waals surface area contributed by atoms with Crippen molar-refractivity contribution in [3.63, 3.8) is 0 Å². The molecule has 118 valence electrons. The maximum Gasteiger partial charge on any atom is 0.208 e. The van der Waals surface area contributed by atoms with Crippen molar-refractivity contribution in [1.29, 1.82) is 0 Å². The molecule has 0 radical (unpaired) electrons. The molecular weight excluding hydrogens is 312 g/mol. The minimum Gasteiger partial charge on any atom is -0.492 e. The van der Waals surface area contributed by atoms with Crippen LogP contribution in [0.3, 0.4) is 0 Å². The first kappa shape index (κ1) is 16.5. The molecule has 0 spiro atoms. The van der Waals surface area contributed by atoms with Crippen LogP contribution in [0.5, 0.6) is 5.75 Å². The highest BCUT2D eigenvalue weighted by atomic mass is 35.5.